The number of methoxy groups -OCH3 is 1. The van der Waals surface area contributed by atoms with Gasteiger partial charge in [-0.2, -0.15) is 8.78 Å². The van der Waals surface area contributed by atoms with Crippen LogP contribution in [0, 0.1) is 0 Å². The standard InChI is InChI=1S/C14H13F2N3O3/c1-7(20)10-11(21-2)12(17)19-13(18-10)8-3-5-9(6-4-8)22-14(15)16/h3-6,14H,1-2H3,(H2,17,18,19). The van der Waals surface area contributed by atoms with Gasteiger partial charge in [-0.25, -0.2) is 9.97 Å². The van der Waals surface area contributed by atoms with E-state index in [-0.39, 0.29) is 34.6 Å². The zero-order chi connectivity index (χ0) is 16.3. The molecule has 0 aliphatic rings. The number of carbonyl (C=O) groups is 1. The Hall–Kier alpha value is -2.77. The summed E-state index contributed by atoms with van der Waals surface area (Å²) in [6.07, 6.45) is 0. The van der Waals surface area contributed by atoms with E-state index in [0.717, 1.165) is 0 Å². The van der Waals surface area contributed by atoms with Crippen LogP contribution in [-0.2, 0) is 0 Å². The number of hydrogen-bond donors (Lipinski definition) is 1. The molecule has 1 heterocycles. The van der Waals surface area contributed by atoms with Gasteiger partial charge in [0.1, 0.15) is 5.75 Å². The van der Waals surface area contributed by atoms with Crippen molar-refractivity contribution in [3.05, 3.63) is 30.0 Å². The Kier molecular flexibility index (Phi) is 4.50. The average Bonchev–Trinajstić information content (AvgIpc) is 2.46. The van der Waals surface area contributed by atoms with Gasteiger partial charge in [-0.1, -0.05) is 0 Å². The summed E-state index contributed by atoms with van der Waals surface area (Å²) in [5, 5.41) is 0. The largest absolute Gasteiger partial charge is 0.491 e. The molecule has 6 nitrogen and oxygen atoms in total. The Morgan fingerprint density at radius 1 is 1.23 bits per heavy atom. The molecule has 0 saturated carbocycles. The van der Waals surface area contributed by atoms with Crippen LogP contribution in [0.25, 0.3) is 11.4 Å². The monoisotopic (exact) mass is 309 g/mol. The third kappa shape index (κ3) is 3.27. The molecule has 0 radical (unpaired) electrons. The highest BCUT2D eigenvalue weighted by Gasteiger charge is 2.17. The van der Waals surface area contributed by atoms with E-state index in [4.69, 9.17) is 10.5 Å². The predicted molar refractivity (Wildman–Crippen MR) is 75.1 cm³/mol. The normalized spacial score (nSPS) is 10.6. The van der Waals surface area contributed by atoms with E-state index in [1.54, 1.807) is 0 Å². The molecule has 0 bridgehead atoms. The minimum Gasteiger partial charge on any atom is -0.491 e. The first kappa shape index (κ1) is 15.6. The first-order valence-corrected chi connectivity index (χ1v) is 6.20. The van der Waals surface area contributed by atoms with Gasteiger partial charge < -0.3 is 15.2 Å². The Bertz CT molecular complexity index is 690. The highest BCUT2D eigenvalue weighted by atomic mass is 19.3. The van der Waals surface area contributed by atoms with E-state index >= 15 is 0 Å². The SMILES string of the molecule is COc1c(N)nc(-c2ccc(OC(F)F)cc2)nc1C(C)=O. The van der Waals surface area contributed by atoms with Gasteiger partial charge in [-0.3, -0.25) is 4.79 Å². The molecule has 0 saturated heterocycles. The molecular weight excluding hydrogens is 296 g/mol. The lowest BCUT2D eigenvalue weighted by Gasteiger charge is -2.10. The van der Waals surface area contributed by atoms with E-state index in [0.29, 0.717) is 5.56 Å². The van der Waals surface area contributed by atoms with Crippen LogP contribution in [0.4, 0.5) is 14.6 Å². The molecule has 0 spiro atoms. The molecule has 8 heteroatoms. The average molecular weight is 309 g/mol. The van der Waals surface area contributed by atoms with Crippen molar-refractivity contribution in [3.63, 3.8) is 0 Å². The smallest absolute Gasteiger partial charge is 0.387 e. The third-order valence-corrected chi connectivity index (χ3v) is 2.77. The quantitative estimate of drug-likeness (QED) is 0.854. The number of nitrogen functional groups attached to an aromatic ring is 1. The molecule has 0 atom stereocenters. The van der Waals surface area contributed by atoms with Crippen LogP contribution >= 0.6 is 0 Å². The molecule has 2 N–H and O–H groups in total. The number of alkyl halides is 2. The lowest BCUT2D eigenvalue weighted by atomic mass is 10.2. The van der Waals surface area contributed by atoms with Gasteiger partial charge in [0.2, 0.25) is 0 Å². The molecule has 2 rings (SSSR count). The van der Waals surface area contributed by atoms with Gasteiger partial charge >= 0.3 is 6.61 Å². The van der Waals surface area contributed by atoms with Crippen LogP contribution in [0.1, 0.15) is 17.4 Å². The molecule has 0 aliphatic carbocycles. The lowest BCUT2D eigenvalue weighted by molar-refractivity contribution is -0.0498. The summed E-state index contributed by atoms with van der Waals surface area (Å²) in [5.41, 5.74) is 6.30. The number of nitrogens with zero attached hydrogens (tertiary/aromatic N) is 2. The van der Waals surface area contributed by atoms with Crippen LogP contribution < -0.4 is 15.2 Å². The van der Waals surface area contributed by atoms with Crippen molar-refractivity contribution < 1.29 is 23.0 Å². The maximum Gasteiger partial charge on any atom is 0.387 e. The first-order valence-electron chi connectivity index (χ1n) is 6.20. The van der Waals surface area contributed by atoms with Crippen LogP contribution in [0.5, 0.6) is 11.5 Å². The number of carbonyl (C=O) groups excluding carboxylic acids is 1. The number of hydrogen-bond acceptors (Lipinski definition) is 6. The highest BCUT2D eigenvalue weighted by Crippen LogP contribution is 2.28. The van der Waals surface area contributed by atoms with Crippen LogP contribution in [0.2, 0.25) is 0 Å². The maximum absolute atomic E-state index is 12.1. The van der Waals surface area contributed by atoms with Crippen LogP contribution in [0.3, 0.4) is 0 Å². The van der Waals surface area contributed by atoms with E-state index in [9.17, 15) is 13.6 Å². The zero-order valence-electron chi connectivity index (χ0n) is 11.8. The number of ketones is 1. The summed E-state index contributed by atoms with van der Waals surface area (Å²) in [6, 6.07) is 5.67. The number of benzene rings is 1. The van der Waals surface area contributed by atoms with Gasteiger partial charge in [0.05, 0.1) is 7.11 Å². The summed E-state index contributed by atoms with van der Waals surface area (Å²) in [5.74, 6) is -0.0107. The van der Waals surface area contributed by atoms with Crippen LogP contribution in [0.15, 0.2) is 24.3 Å². The van der Waals surface area contributed by atoms with Crippen molar-refractivity contribution in [2.24, 2.45) is 0 Å². The molecular formula is C14H13F2N3O3. The third-order valence-electron chi connectivity index (χ3n) is 2.77. The van der Waals surface area contributed by atoms with Crippen LogP contribution in [-0.4, -0.2) is 29.5 Å². The zero-order valence-corrected chi connectivity index (χ0v) is 11.8. The number of aromatic nitrogens is 2. The minimum absolute atomic E-state index is 0.00650. The van der Waals surface area contributed by atoms with Gasteiger partial charge in [-0.05, 0) is 24.3 Å². The Morgan fingerprint density at radius 3 is 2.36 bits per heavy atom. The van der Waals surface area contributed by atoms with Crippen molar-refractivity contribution in [3.8, 4) is 22.9 Å². The van der Waals surface area contributed by atoms with Crippen molar-refractivity contribution in [2.75, 3.05) is 12.8 Å². The Balaban J connectivity index is 2.42. The Labute approximate surface area is 124 Å². The van der Waals surface area contributed by atoms with Crippen molar-refractivity contribution in [1.82, 2.24) is 9.97 Å². The summed E-state index contributed by atoms with van der Waals surface area (Å²) in [4.78, 5) is 19.8. The predicted octanol–water partition coefficient (Wildman–Crippen LogP) is 2.54. The maximum atomic E-state index is 12.1. The molecule has 1 aromatic heterocycles. The number of Topliss-reactive ketones (excluding diaryl/α,β-unsaturated/α-hetero) is 1. The summed E-state index contributed by atoms with van der Waals surface area (Å²) in [7, 11) is 1.36. The van der Waals surface area contributed by atoms with Gasteiger partial charge in [0.25, 0.3) is 0 Å². The topological polar surface area (TPSA) is 87.3 Å². The fraction of sp³-hybridized carbons (Fsp3) is 0.214. The van der Waals surface area contributed by atoms with Gasteiger partial charge in [0, 0.05) is 12.5 Å². The minimum atomic E-state index is -2.90. The molecule has 0 amide bonds. The molecule has 0 unspecified atom stereocenters. The molecule has 0 fully saturated rings. The first-order chi connectivity index (χ1) is 10.4. The highest BCUT2D eigenvalue weighted by molar-refractivity contribution is 5.96. The fourth-order valence-electron chi connectivity index (χ4n) is 1.82. The lowest BCUT2D eigenvalue weighted by Crippen LogP contribution is -2.08. The molecule has 0 aliphatic heterocycles. The molecule has 22 heavy (non-hydrogen) atoms. The second-order valence-electron chi connectivity index (χ2n) is 4.27. The number of nitrogens with two attached hydrogens (primary N) is 1. The van der Waals surface area contributed by atoms with Crippen molar-refractivity contribution in [1.29, 1.82) is 0 Å². The summed E-state index contributed by atoms with van der Waals surface area (Å²) >= 11 is 0. The van der Waals surface area contributed by atoms with E-state index in [2.05, 4.69) is 14.7 Å². The Morgan fingerprint density at radius 2 is 1.86 bits per heavy atom. The second kappa shape index (κ2) is 6.33. The number of halogens is 2. The van der Waals surface area contributed by atoms with E-state index in [1.807, 2.05) is 0 Å². The second-order valence-corrected chi connectivity index (χ2v) is 4.27. The molecule has 1 aromatic carbocycles. The van der Waals surface area contributed by atoms with E-state index in [1.165, 1.54) is 38.3 Å². The van der Waals surface area contributed by atoms with Gasteiger partial charge in [0.15, 0.2) is 28.9 Å². The molecule has 2 aromatic rings. The fourth-order valence-corrected chi connectivity index (χ4v) is 1.82. The van der Waals surface area contributed by atoms with Gasteiger partial charge in [-0.15, -0.1) is 0 Å². The van der Waals surface area contributed by atoms with Crippen molar-refractivity contribution in [2.45, 2.75) is 13.5 Å². The summed E-state index contributed by atoms with van der Waals surface area (Å²) in [6.45, 7) is -1.57. The van der Waals surface area contributed by atoms with E-state index < -0.39 is 6.61 Å². The van der Waals surface area contributed by atoms with Crippen molar-refractivity contribution >= 4 is 11.6 Å². The number of rotatable bonds is 5. The molecule has 116 valence electrons. The number of anilines is 1. The number of ether oxygens (including phenoxy) is 2. The summed E-state index contributed by atoms with van der Waals surface area (Å²) < 4.78 is 33.5.